The van der Waals surface area contributed by atoms with Crippen molar-refractivity contribution in [2.75, 3.05) is 5.73 Å². The minimum absolute atomic E-state index is 0.0548. The molecule has 0 saturated carbocycles. The Hall–Kier alpha value is -1.57. The first-order chi connectivity index (χ1) is 7.48. The Bertz CT molecular complexity index is 407. The Morgan fingerprint density at radius 2 is 2.25 bits per heavy atom. The summed E-state index contributed by atoms with van der Waals surface area (Å²) in [4.78, 5) is 4.17. The normalized spacial score (nSPS) is 11.1. The van der Waals surface area contributed by atoms with E-state index in [9.17, 15) is 0 Å². The molecular weight excluding hydrogens is 202 g/mol. The molecule has 0 saturated heterocycles. The molecule has 0 aromatic carbocycles. The lowest BCUT2D eigenvalue weighted by molar-refractivity contribution is 0.279. The van der Waals surface area contributed by atoms with Gasteiger partial charge in [-0.05, 0) is 19.9 Å². The van der Waals surface area contributed by atoms with Crippen molar-refractivity contribution in [3.63, 3.8) is 0 Å². The largest absolute Gasteiger partial charge is 0.392 e. The lowest BCUT2D eigenvalue weighted by Gasteiger charge is -2.20. The lowest BCUT2D eigenvalue weighted by atomic mass is 10.1. The number of aliphatic hydroxyl groups excluding tert-OH is 1. The molecule has 1 aromatic rings. The van der Waals surface area contributed by atoms with Crippen molar-refractivity contribution in [1.29, 1.82) is 0 Å². The van der Waals surface area contributed by atoms with Gasteiger partial charge in [-0.1, -0.05) is 12.0 Å². The number of anilines is 1. The molecule has 4 N–H and O–H groups in total. The molecule has 1 aromatic heterocycles. The third kappa shape index (κ3) is 3.23. The van der Waals surface area contributed by atoms with Gasteiger partial charge in [0.15, 0.2) is 0 Å². The van der Waals surface area contributed by atoms with Crippen molar-refractivity contribution in [2.24, 2.45) is 0 Å². The van der Waals surface area contributed by atoms with Crippen molar-refractivity contribution in [2.45, 2.75) is 32.5 Å². The maximum absolute atomic E-state index is 9.15. The summed E-state index contributed by atoms with van der Waals surface area (Å²) in [5, 5.41) is 12.3. The topological polar surface area (TPSA) is 71.2 Å². The number of terminal acetylenes is 1. The summed E-state index contributed by atoms with van der Waals surface area (Å²) >= 11 is 0. The second-order valence-corrected chi connectivity index (χ2v) is 4.12. The van der Waals surface area contributed by atoms with Crippen LogP contribution in [0.3, 0.4) is 0 Å². The van der Waals surface area contributed by atoms with Gasteiger partial charge in [-0.2, -0.15) is 0 Å². The van der Waals surface area contributed by atoms with E-state index in [0.29, 0.717) is 12.4 Å². The summed E-state index contributed by atoms with van der Waals surface area (Å²) < 4.78 is 0. The van der Waals surface area contributed by atoms with Crippen LogP contribution in [0.1, 0.15) is 25.1 Å². The van der Waals surface area contributed by atoms with Crippen molar-refractivity contribution < 1.29 is 5.11 Å². The number of aliphatic hydroxyl groups is 1. The van der Waals surface area contributed by atoms with Gasteiger partial charge in [0.2, 0.25) is 0 Å². The molecular formula is C12H17N3O. The molecule has 16 heavy (non-hydrogen) atoms. The highest BCUT2D eigenvalue weighted by atomic mass is 16.3. The first kappa shape index (κ1) is 12.5. The Morgan fingerprint density at radius 3 is 2.81 bits per heavy atom. The van der Waals surface area contributed by atoms with Crippen LogP contribution in [0, 0.1) is 12.3 Å². The van der Waals surface area contributed by atoms with E-state index in [4.69, 9.17) is 17.3 Å². The average molecular weight is 219 g/mol. The van der Waals surface area contributed by atoms with Crippen molar-refractivity contribution in [3.8, 4) is 12.3 Å². The van der Waals surface area contributed by atoms with E-state index < -0.39 is 5.54 Å². The van der Waals surface area contributed by atoms with Gasteiger partial charge in [-0.25, -0.2) is 4.98 Å². The molecule has 0 aliphatic heterocycles. The number of aromatic nitrogens is 1. The summed E-state index contributed by atoms with van der Waals surface area (Å²) in [5.41, 5.74) is 6.68. The van der Waals surface area contributed by atoms with Crippen LogP contribution in [0.25, 0.3) is 0 Å². The second-order valence-electron chi connectivity index (χ2n) is 4.12. The van der Waals surface area contributed by atoms with Crippen LogP contribution in [0.5, 0.6) is 0 Å². The highest BCUT2D eigenvalue weighted by molar-refractivity contribution is 5.34. The maximum atomic E-state index is 9.15. The molecule has 1 heterocycles. The minimum Gasteiger partial charge on any atom is -0.392 e. The van der Waals surface area contributed by atoms with Crippen LogP contribution in [-0.2, 0) is 13.2 Å². The highest BCUT2D eigenvalue weighted by Crippen LogP contribution is 2.10. The van der Waals surface area contributed by atoms with Crippen LogP contribution in [0.15, 0.2) is 12.1 Å². The van der Waals surface area contributed by atoms with E-state index in [2.05, 4.69) is 16.2 Å². The van der Waals surface area contributed by atoms with E-state index in [1.807, 2.05) is 13.8 Å². The number of hydrogen-bond acceptors (Lipinski definition) is 4. The molecule has 0 unspecified atom stereocenters. The fourth-order valence-electron chi connectivity index (χ4n) is 1.20. The van der Waals surface area contributed by atoms with E-state index in [1.54, 1.807) is 12.1 Å². The number of nitrogens with one attached hydrogen (secondary N) is 1. The fourth-order valence-corrected chi connectivity index (χ4v) is 1.20. The lowest BCUT2D eigenvalue weighted by Crippen LogP contribution is -2.37. The monoisotopic (exact) mass is 219 g/mol. The third-order valence-corrected chi connectivity index (χ3v) is 2.32. The number of nitrogens with two attached hydrogens (primary N) is 1. The van der Waals surface area contributed by atoms with Crippen molar-refractivity contribution in [3.05, 3.63) is 23.4 Å². The predicted octanol–water partition coefficient (Wildman–Crippen LogP) is 0.657. The third-order valence-electron chi connectivity index (χ3n) is 2.32. The Balaban J connectivity index is 2.81. The molecule has 0 aliphatic carbocycles. The quantitative estimate of drug-likeness (QED) is 0.650. The smallest absolute Gasteiger partial charge is 0.123 e. The summed E-state index contributed by atoms with van der Waals surface area (Å²) in [7, 11) is 0. The van der Waals surface area contributed by atoms with E-state index in [-0.39, 0.29) is 6.61 Å². The molecule has 4 nitrogen and oxygen atoms in total. The molecule has 0 bridgehead atoms. The molecule has 0 atom stereocenters. The number of rotatable bonds is 4. The van der Waals surface area contributed by atoms with Gasteiger partial charge in [0, 0.05) is 12.1 Å². The van der Waals surface area contributed by atoms with Crippen LogP contribution < -0.4 is 11.1 Å². The van der Waals surface area contributed by atoms with Gasteiger partial charge >= 0.3 is 0 Å². The number of pyridine rings is 1. The molecule has 0 radical (unpaired) electrons. The van der Waals surface area contributed by atoms with Gasteiger partial charge < -0.3 is 10.8 Å². The van der Waals surface area contributed by atoms with Gasteiger partial charge in [-0.15, -0.1) is 6.42 Å². The van der Waals surface area contributed by atoms with Gasteiger partial charge in [0.1, 0.15) is 5.82 Å². The molecule has 1 rings (SSSR count). The van der Waals surface area contributed by atoms with Crippen molar-refractivity contribution >= 4 is 5.82 Å². The first-order valence-corrected chi connectivity index (χ1v) is 5.06. The molecule has 0 aliphatic rings. The summed E-state index contributed by atoms with van der Waals surface area (Å²) in [5.74, 6) is 3.07. The zero-order chi connectivity index (χ0) is 12.2. The predicted molar refractivity (Wildman–Crippen MR) is 64.3 cm³/mol. The van der Waals surface area contributed by atoms with Crippen LogP contribution in [0.2, 0.25) is 0 Å². The number of hydrogen-bond donors (Lipinski definition) is 3. The Labute approximate surface area is 95.9 Å². The molecule has 0 fully saturated rings. The fraction of sp³-hybridized carbons (Fsp3) is 0.417. The number of nitrogens with zero attached hydrogens (tertiary/aromatic N) is 1. The Morgan fingerprint density at radius 1 is 1.56 bits per heavy atom. The van der Waals surface area contributed by atoms with Crippen LogP contribution in [-0.4, -0.2) is 15.6 Å². The average Bonchev–Trinajstić information content (AvgIpc) is 2.27. The number of nitrogen functional groups attached to an aromatic ring is 1. The van der Waals surface area contributed by atoms with Crippen LogP contribution in [0.4, 0.5) is 5.82 Å². The molecule has 86 valence electrons. The second kappa shape index (κ2) is 4.97. The maximum Gasteiger partial charge on any atom is 0.123 e. The summed E-state index contributed by atoms with van der Waals surface area (Å²) in [6, 6.07) is 3.43. The van der Waals surface area contributed by atoms with Crippen molar-refractivity contribution in [1.82, 2.24) is 10.3 Å². The van der Waals surface area contributed by atoms with Gasteiger partial charge in [-0.3, -0.25) is 5.32 Å². The van der Waals surface area contributed by atoms with Crippen LogP contribution >= 0.6 is 0 Å². The van der Waals surface area contributed by atoms with E-state index >= 15 is 0 Å². The molecule has 0 amide bonds. The Kier molecular flexibility index (Phi) is 3.88. The zero-order valence-corrected chi connectivity index (χ0v) is 9.62. The van der Waals surface area contributed by atoms with E-state index in [0.717, 1.165) is 11.3 Å². The first-order valence-electron chi connectivity index (χ1n) is 5.06. The van der Waals surface area contributed by atoms with Gasteiger partial charge in [0.05, 0.1) is 17.8 Å². The molecule has 0 spiro atoms. The SMILES string of the molecule is C#CC(C)(C)NCc1nc(N)ccc1CO. The highest BCUT2D eigenvalue weighted by Gasteiger charge is 2.14. The standard InChI is InChI=1S/C12H17N3O/c1-4-12(2,3)14-7-10-9(8-16)5-6-11(13)15-10/h1,5-6,14,16H,7-8H2,2-3H3,(H2,13,15). The minimum atomic E-state index is -0.404. The van der Waals surface area contributed by atoms with E-state index in [1.165, 1.54) is 0 Å². The summed E-state index contributed by atoms with van der Waals surface area (Å²) in [6.07, 6.45) is 5.36. The zero-order valence-electron chi connectivity index (χ0n) is 9.62. The van der Waals surface area contributed by atoms with Gasteiger partial charge in [0.25, 0.3) is 0 Å². The molecule has 4 heteroatoms. The summed E-state index contributed by atoms with van der Waals surface area (Å²) in [6.45, 7) is 4.23.